The Kier molecular flexibility index (Phi) is 47.9. The smallest absolute Gasteiger partial charge is 0.410 e. The van der Waals surface area contributed by atoms with Crippen molar-refractivity contribution in [2.24, 2.45) is 13.0 Å². The van der Waals surface area contributed by atoms with Crippen molar-refractivity contribution in [2.45, 2.75) is 155 Å². The lowest BCUT2D eigenvalue weighted by Gasteiger charge is -2.13. The summed E-state index contributed by atoms with van der Waals surface area (Å²) in [6, 6.07) is -0.798. The first kappa shape index (κ1) is 89.8. The SMILES string of the molecule is C.C.CC.CCOC(=O)/C(=C\C(F)(F)F)CC.CCOC(=O)C1=C(C)N(C)NC1C.CCOC(=O)C1=C(F)N(C)NC1C.CCOC(=O)C1=C(F)N(C)NC1C.CCOC(=O)C1C(=O)N(C)NC1C.CCOC(=O)c1c(C)nn(C)c1F.F.O=C=O. The number of allylic oxidation sites excluding steroid dienone is 2. The maximum absolute atomic E-state index is 13.2. The lowest BCUT2D eigenvalue weighted by molar-refractivity contribution is -0.192. The van der Waals surface area contributed by atoms with Gasteiger partial charge in [0.25, 0.3) is 5.91 Å². The van der Waals surface area contributed by atoms with Crippen LogP contribution >= 0.6 is 0 Å². The number of ether oxygens (including phenoxy) is 6. The predicted octanol–water partition coefficient (Wildman–Crippen LogP) is 6.69. The molecule has 0 spiro atoms. The molecular formula is C54H93F7N10O15. The number of carbonyl (C=O) groups excluding carboxylic acids is 9. The van der Waals surface area contributed by atoms with E-state index in [4.69, 9.17) is 28.5 Å². The maximum Gasteiger partial charge on any atom is 0.410 e. The van der Waals surface area contributed by atoms with Crippen molar-refractivity contribution >= 4 is 47.9 Å². The molecule has 5 unspecified atom stereocenters. The highest BCUT2D eigenvalue weighted by Gasteiger charge is 2.42. The van der Waals surface area contributed by atoms with E-state index in [9.17, 15) is 59.9 Å². The molecule has 25 nitrogen and oxygen atoms in total. The Morgan fingerprint density at radius 1 is 0.581 bits per heavy atom. The standard InChI is InChI=1S/C9H16N2O2.C8H11F3O2.2C8H13FN2O2.C8H11FN2O2.C8H14N2O3.C2H6.CO2.2CH4.FH/c1-5-13-9(12)8-6(2)10-11(4)7(8)3;1-3-6(5-8(9,10)11)7(12)13-4-2;3*1-4-13-8(12)6-5(2)10-11(3)7(6)9;1-4-13-8(12)6-5(2)9-10(3)7(6)11;1-2;2-1-3;;;/h6,10H,5H2,1-4H3;5H,3-4H2,1-2H3;2*5,10H,4H2,1-3H3;4H2,1-3H3;5-6,9H,4H2,1-3H3;1-2H3;;2*1H4;1H/b;6-5-;;;;;;;;;. The van der Waals surface area contributed by atoms with E-state index in [1.165, 1.54) is 43.1 Å². The van der Waals surface area contributed by atoms with E-state index in [1.807, 2.05) is 46.7 Å². The summed E-state index contributed by atoms with van der Waals surface area (Å²) in [7, 11) is 7.94. The number of amides is 1. The van der Waals surface area contributed by atoms with Gasteiger partial charge in [-0.2, -0.15) is 41.0 Å². The molecular weight excluding hydrogens is 1160 g/mol. The summed E-state index contributed by atoms with van der Waals surface area (Å²) in [5, 5.41) is 9.28. The van der Waals surface area contributed by atoms with E-state index >= 15 is 0 Å². The van der Waals surface area contributed by atoms with Crippen molar-refractivity contribution in [1.29, 1.82) is 0 Å². The number of esters is 6. The molecule has 0 aromatic carbocycles. The Morgan fingerprint density at radius 3 is 1.20 bits per heavy atom. The van der Waals surface area contributed by atoms with Crippen LogP contribution in [0.3, 0.4) is 0 Å². The zero-order chi connectivity index (χ0) is 65.2. The van der Waals surface area contributed by atoms with Crippen LogP contribution in [-0.2, 0) is 73.8 Å². The summed E-state index contributed by atoms with van der Waals surface area (Å²) < 4.78 is 104. The van der Waals surface area contributed by atoms with E-state index in [1.54, 1.807) is 69.4 Å². The van der Waals surface area contributed by atoms with Gasteiger partial charge in [-0.1, -0.05) is 35.6 Å². The molecule has 5 rings (SSSR count). The van der Waals surface area contributed by atoms with Crippen LogP contribution in [0.5, 0.6) is 0 Å². The van der Waals surface area contributed by atoms with Gasteiger partial charge in [0.2, 0.25) is 17.8 Å². The van der Waals surface area contributed by atoms with Gasteiger partial charge in [0.15, 0.2) is 5.92 Å². The van der Waals surface area contributed by atoms with Crippen LogP contribution in [0.25, 0.3) is 0 Å². The number of halogens is 7. The van der Waals surface area contributed by atoms with Gasteiger partial charge in [-0.25, -0.2) is 50.4 Å². The fourth-order valence-corrected chi connectivity index (χ4v) is 7.16. The first-order chi connectivity index (χ1) is 38.7. The largest absolute Gasteiger partial charge is 0.465 e. The van der Waals surface area contributed by atoms with Crippen LogP contribution in [0.1, 0.15) is 134 Å². The number of aromatic nitrogens is 2. The van der Waals surface area contributed by atoms with Gasteiger partial charge in [-0.3, -0.25) is 29.3 Å². The highest BCUT2D eigenvalue weighted by Crippen LogP contribution is 2.24. The molecule has 1 amide bonds. The molecule has 5 heterocycles. The third kappa shape index (κ3) is 29.6. The number of rotatable bonds is 13. The van der Waals surface area contributed by atoms with Gasteiger partial charge >= 0.3 is 48.1 Å². The summed E-state index contributed by atoms with van der Waals surface area (Å²) in [6.07, 6.45) is -4.22. The number of carbonyl (C=O) groups is 7. The van der Waals surface area contributed by atoms with Crippen LogP contribution in [0.4, 0.5) is 31.0 Å². The highest BCUT2D eigenvalue weighted by atomic mass is 19.4. The first-order valence-electron chi connectivity index (χ1n) is 26.2. The zero-order valence-electron chi connectivity index (χ0n) is 51.4. The van der Waals surface area contributed by atoms with E-state index < -0.39 is 59.8 Å². The molecule has 1 aromatic rings. The number of nitrogens with zero attached hydrogens (tertiary/aromatic N) is 6. The minimum absolute atomic E-state index is 0. The molecule has 4 N–H and O–H groups in total. The Labute approximate surface area is 500 Å². The second-order valence-electron chi connectivity index (χ2n) is 16.8. The van der Waals surface area contributed by atoms with Crippen molar-refractivity contribution in [3.8, 4) is 0 Å². The predicted molar refractivity (Wildman–Crippen MR) is 303 cm³/mol. The topological polar surface area (TPSA) is 288 Å². The second kappa shape index (κ2) is 45.9. The fraction of sp³-hybridized carbons (Fsp3) is 0.648. The molecule has 1 fully saturated rings. The number of alkyl halides is 3. The molecule has 0 saturated carbocycles. The van der Waals surface area contributed by atoms with E-state index in [-0.39, 0.29) is 123 Å². The van der Waals surface area contributed by atoms with Crippen molar-refractivity contribution in [3.63, 3.8) is 0 Å². The molecule has 0 radical (unpaired) electrons. The Morgan fingerprint density at radius 2 is 0.930 bits per heavy atom. The Bertz CT molecular complexity index is 2330. The molecule has 5 atom stereocenters. The zero-order valence-corrected chi connectivity index (χ0v) is 51.4. The van der Waals surface area contributed by atoms with Crippen LogP contribution < -0.4 is 21.7 Å². The molecule has 4 aliphatic rings. The summed E-state index contributed by atoms with van der Waals surface area (Å²) in [4.78, 5) is 94.9. The van der Waals surface area contributed by atoms with Gasteiger partial charge in [0.1, 0.15) is 16.7 Å². The van der Waals surface area contributed by atoms with E-state index in [0.717, 1.165) is 16.0 Å². The number of hydrogen-bond acceptors (Lipinski definition) is 23. The quantitative estimate of drug-likeness (QED) is 0.0399. The molecule has 86 heavy (non-hydrogen) atoms. The van der Waals surface area contributed by atoms with Crippen LogP contribution in [0, 0.1) is 18.8 Å². The average molecular weight is 1260 g/mol. The molecule has 4 aliphatic heterocycles. The Hall–Kier alpha value is -7.41. The summed E-state index contributed by atoms with van der Waals surface area (Å²) in [6.45, 7) is 27.7. The Balaban J connectivity index is -0.000000218. The summed E-state index contributed by atoms with van der Waals surface area (Å²) in [5.74, 6) is -6.12. The molecule has 498 valence electrons. The van der Waals surface area contributed by atoms with Crippen molar-refractivity contribution < 1.29 is 103 Å². The molecule has 0 aliphatic carbocycles. The van der Waals surface area contributed by atoms with Crippen molar-refractivity contribution in [1.82, 2.24) is 51.5 Å². The number of nitrogens with one attached hydrogen (secondary N) is 4. The summed E-state index contributed by atoms with van der Waals surface area (Å²) in [5.41, 5.74) is 13.1. The minimum Gasteiger partial charge on any atom is -0.465 e. The third-order valence-corrected chi connectivity index (χ3v) is 10.8. The van der Waals surface area contributed by atoms with Crippen LogP contribution in [0.2, 0.25) is 0 Å². The molecule has 0 bridgehead atoms. The first-order valence-corrected chi connectivity index (χ1v) is 26.2. The monoisotopic (exact) mass is 1250 g/mol. The maximum atomic E-state index is 13.2. The lowest BCUT2D eigenvalue weighted by atomic mass is 10.0. The normalized spacial score (nSPS) is 18.0. The van der Waals surface area contributed by atoms with Gasteiger partial charge in [-0.15, -0.1) is 0 Å². The fourth-order valence-electron chi connectivity index (χ4n) is 7.16. The number of hydrazine groups is 4. The van der Waals surface area contributed by atoms with E-state index in [0.29, 0.717) is 18.9 Å². The molecule has 32 heteroatoms. The van der Waals surface area contributed by atoms with Gasteiger partial charge < -0.3 is 33.4 Å². The molecule has 1 saturated heterocycles. The summed E-state index contributed by atoms with van der Waals surface area (Å²) >= 11 is 0. The van der Waals surface area contributed by atoms with Crippen LogP contribution in [0.15, 0.2) is 46.0 Å². The third-order valence-electron chi connectivity index (χ3n) is 10.8. The van der Waals surface area contributed by atoms with E-state index in [2.05, 4.69) is 36.3 Å². The van der Waals surface area contributed by atoms with Gasteiger partial charge in [0.05, 0.1) is 69.0 Å². The highest BCUT2D eigenvalue weighted by molar-refractivity contribution is 5.99. The lowest BCUT2D eigenvalue weighted by Crippen LogP contribution is -2.33. The van der Waals surface area contributed by atoms with Crippen molar-refractivity contribution in [3.05, 3.63) is 63.2 Å². The second-order valence-corrected chi connectivity index (χ2v) is 16.8. The van der Waals surface area contributed by atoms with Crippen molar-refractivity contribution in [2.75, 3.05) is 67.8 Å². The van der Waals surface area contributed by atoms with Gasteiger partial charge in [-0.05, 0) is 89.5 Å². The molecule has 1 aromatic heterocycles. The number of hydrogen-bond donors (Lipinski definition) is 4. The van der Waals surface area contributed by atoms with Gasteiger partial charge in [0, 0.05) is 58.6 Å². The van der Waals surface area contributed by atoms with Crippen LogP contribution in [-0.4, -0.2) is 176 Å². The average Bonchev–Trinajstić information content (AvgIpc) is 3.82. The number of aryl methyl sites for hydroxylation is 2. The minimum atomic E-state index is -4.46.